The first-order valence-corrected chi connectivity index (χ1v) is 9.89. The summed E-state index contributed by atoms with van der Waals surface area (Å²) < 4.78 is 41.6. The van der Waals surface area contributed by atoms with Crippen LogP contribution < -0.4 is 19.5 Å². The zero-order valence-corrected chi connectivity index (χ0v) is 17.4. The van der Waals surface area contributed by atoms with E-state index in [4.69, 9.17) is 9.47 Å². The molecule has 2 aromatic rings. The SMILES string of the molecule is CCN(CC(=O)Nc1ccc2c(c1)OCCO2)Cc1cc(Br)ccc1OC(F)F. The number of nitrogens with one attached hydrogen (secondary N) is 1. The molecule has 6 nitrogen and oxygen atoms in total. The van der Waals surface area contributed by atoms with Gasteiger partial charge >= 0.3 is 6.61 Å². The summed E-state index contributed by atoms with van der Waals surface area (Å²) in [6, 6.07) is 10.0. The van der Waals surface area contributed by atoms with Crippen molar-refractivity contribution in [3.63, 3.8) is 0 Å². The first-order chi connectivity index (χ1) is 13.9. The highest BCUT2D eigenvalue weighted by Crippen LogP contribution is 2.32. The van der Waals surface area contributed by atoms with Crippen molar-refractivity contribution in [1.82, 2.24) is 4.90 Å². The van der Waals surface area contributed by atoms with Crippen LogP contribution >= 0.6 is 15.9 Å². The Bertz CT molecular complexity index is 866. The lowest BCUT2D eigenvalue weighted by Gasteiger charge is -2.22. The molecule has 1 aliphatic rings. The molecule has 9 heteroatoms. The number of fused-ring (bicyclic) bond motifs is 1. The summed E-state index contributed by atoms with van der Waals surface area (Å²) in [6.07, 6.45) is 0. The van der Waals surface area contributed by atoms with Crippen LogP contribution in [0.2, 0.25) is 0 Å². The second-order valence-electron chi connectivity index (χ2n) is 6.34. The predicted molar refractivity (Wildman–Crippen MR) is 108 cm³/mol. The minimum absolute atomic E-state index is 0.0889. The van der Waals surface area contributed by atoms with Crippen LogP contribution in [0.15, 0.2) is 40.9 Å². The van der Waals surface area contributed by atoms with Crippen molar-refractivity contribution in [3.8, 4) is 17.2 Å². The van der Waals surface area contributed by atoms with Crippen molar-refractivity contribution in [2.75, 3.05) is 31.6 Å². The third kappa shape index (κ3) is 6.04. The number of carbonyl (C=O) groups excluding carboxylic acids is 1. The summed E-state index contributed by atoms with van der Waals surface area (Å²) in [7, 11) is 0. The Morgan fingerprint density at radius 2 is 1.97 bits per heavy atom. The molecule has 0 unspecified atom stereocenters. The lowest BCUT2D eigenvalue weighted by atomic mass is 10.2. The molecule has 0 aliphatic carbocycles. The molecule has 0 spiro atoms. The lowest BCUT2D eigenvalue weighted by Crippen LogP contribution is -2.33. The van der Waals surface area contributed by atoms with Crippen LogP contribution in [0.4, 0.5) is 14.5 Å². The fourth-order valence-corrected chi connectivity index (χ4v) is 3.34. The number of alkyl halides is 2. The first kappa shape index (κ1) is 21.3. The summed E-state index contributed by atoms with van der Waals surface area (Å²) in [5.41, 5.74) is 1.16. The Kier molecular flexibility index (Phi) is 7.27. The van der Waals surface area contributed by atoms with Gasteiger partial charge in [-0.2, -0.15) is 8.78 Å². The number of benzene rings is 2. The van der Waals surface area contributed by atoms with Gasteiger partial charge in [-0.05, 0) is 36.9 Å². The van der Waals surface area contributed by atoms with Crippen molar-refractivity contribution >= 4 is 27.5 Å². The van der Waals surface area contributed by atoms with Gasteiger partial charge in [0.05, 0.1) is 6.54 Å². The molecule has 156 valence electrons. The van der Waals surface area contributed by atoms with Gasteiger partial charge in [0.25, 0.3) is 0 Å². The van der Waals surface area contributed by atoms with Gasteiger partial charge in [0.2, 0.25) is 5.91 Å². The van der Waals surface area contributed by atoms with E-state index in [-0.39, 0.29) is 24.7 Å². The summed E-state index contributed by atoms with van der Waals surface area (Å²) in [6.45, 7) is 0.861. The summed E-state index contributed by atoms with van der Waals surface area (Å²) in [5.74, 6) is 1.10. The lowest BCUT2D eigenvalue weighted by molar-refractivity contribution is -0.117. The van der Waals surface area contributed by atoms with Gasteiger partial charge in [-0.15, -0.1) is 0 Å². The van der Waals surface area contributed by atoms with Gasteiger partial charge < -0.3 is 19.5 Å². The topological polar surface area (TPSA) is 60.0 Å². The Labute approximate surface area is 175 Å². The molecule has 0 aromatic heterocycles. The molecule has 0 saturated carbocycles. The molecule has 1 amide bonds. The molecule has 1 N–H and O–H groups in total. The van der Waals surface area contributed by atoms with E-state index in [9.17, 15) is 13.6 Å². The maximum atomic E-state index is 12.7. The molecule has 29 heavy (non-hydrogen) atoms. The Hall–Kier alpha value is -2.39. The molecule has 0 saturated heterocycles. The van der Waals surface area contributed by atoms with Crippen LogP contribution in [-0.4, -0.2) is 43.7 Å². The van der Waals surface area contributed by atoms with E-state index >= 15 is 0 Å². The van der Waals surface area contributed by atoms with Crippen LogP contribution in [0.5, 0.6) is 17.2 Å². The Morgan fingerprint density at radius 1 is 1.21 bits per heavy atom. The minimum Gasteiger partial charge on any atom is -0.486 e. The van der Waals surface area contributed by atoms with Crippen molar-refractivity contribution in [1.29, 1.82) is 0 Å². The Morgan fingerprint density at radius 3 is 2.69 bits per heavy atom. The number of ether oxygens (including phenoxy) is 3. The van der Waals surface area contributed by atoms with E-state index in [0.29, 0.717) is 42.5 Å². The van der Waals surface area contributed by atoms with E-state index in [1.807, 2.05) is 11.8 Å². The highest BCUT2D eigenvalue weighted by Gasteiger charge is 2.17. The molecule has 2 aromatic carbocycles. The number of anilines is 1. The maximum Gasteiger partial charge on any atom is 0.387 e. The van der Waals surface area contributed by atoms with Gasteiger partial charge in [0, 0.05) is 28.3 Å². The number of halogens is 3. The van der Waals surface area contributed by atoms with Crippen LogP contribution in [-0.2, 0) is 11.3 Å². The fourth-order valence-electron chi connectivity index (χ4n) is 2.93. The van der Waals surface area contributed by atoms with Crippen LogP contribution in [0, 0.1) is 0 Å². The Balaban J connectivity index is 1.64. The monoisotopic (exact) mass is 470 g/mol. The molecule has 0 fully saturated rings. The molecular formula is C20H21BrF2N2O4. The summed E-state index contributed by atoms with van der Waals surface area (Å²) in [4.78, 5) is 14.3. The summed E-state index contributed by atoms with van der Waals surface area (Å²) in [5, 5.41) is 2.82. The summed E-state index contributed by atoms with van der Waals surface area (Å²) >= 11 is 3.34. The van der Waals surface area contributed by atoms with Crippen molar-refractivity contribution in [3.05, 3.63) is 46.4 Å². The highest BCUT2D eigenvalue weighted by atomic mass is 79.9. The zero-order valence-electron chi connectivity index (χ0n) is 15.8. The van der Waals surface area contributed by atoms with E-state index in [2.05, 4.69) is 26.0 Å². The third-order valence-corrected chi connectivity index (χ3v) is 4.77. The van der Waals surface area contributed by atoms with E-state index < -0.39 is 6.61 Å². The second kappa shape index (κ2) is 9.89. The van der Waals surface area contributed by atoms with Crippen LogP contribution in [0.1, 0.15) is 12.5 Å². The molecule has 1 heterocycles. The molecule has 0 bridgehead atoms. The second-order valence-corrected chi connectivity index (χ2v) is 7.26. The fraction of sp³-hybridized carbons (Fsp3) is 0.350. The van der Waals surface area contributed by atoms with Crippen LogP contribution in [0.3, 0.4) is 0 Å². The minimum atomic E-state index is -2.91. The predicted octanol–water partition coefficient (Wildman–Crippen LogP) is 4.28. The number of amides is 1. The van der Waals surface area contributed by atoms with E-state index in [1.54, 1.807) is 30.3 Å². The molecule has 0 atom stereocenters. The van der Waals surface area contributed by atoms with Crippen molar-refractivity contribution < 1.29 is 27.8 Å². The largest absolute Gasteiger partial charge is 0.486 e. The number of carbonyl (C=O) groups is 1. The van der Waals surface area contributed by atoms with Crippen molar-refractivity contribution in [2.45, 2.75) is 20.1 Å². The molecule has 1 aliphatic heterocycles. The quantitative estimate of drug-likeness (QED) is 0.623. The number of rotatable bonds is 8. The average molecular weight is 471 g/mol. The number of likely N-dealkylation sites (N-methyl/N-ethyl adjacent to an activating group) is 1. The smallest absolute Gasteiger partial charge is 0.387 e. The molecular weight excluding hydrogens is 450 g/mol. The van der Waals surface area contributed by atoms with Gasteiger partial charge in [0.1, 0.15) is 19.0 Å². The average Bonchev–Trinajstić information content (AvgIpc) is 2.69. The standard InChI is InChI=1S/C20H21BrF2N2O4/c1-2-25(11-13-9-14(21)3-5-16(13)29-20(22)23)12-19(26)24-15-4-6-17-18(10-15)28-8-7-27-17/h3-6,9-10,20H,2,7-8,11-12H2,1H3,(H,24,26). The normalized spacial score (nSPS) is 12.9. The van der Waals surface area contributed by atoms with E-state index in [0.717, 1.165) is 4.47 Å². The highest BCUT2D eigenvalue weighted by molar-refractivity contribution is 9.10. The van der Waals surface area contributed by atoms with E-state index in [1.165, 1.54) is 6.07 Å². The van der Waals surface area contributed by atoms with Gasteiger partial charge in [-0.1, -0.05) is 22.9 Å². The first-order valence-electron chi connectivity index (χ1n) is 9.09. The van der Waals surface area contributed by atoms with Gasteiger partial charge in [-0.3, -0.25) is 9.69 Å². The van der Waals surface area contributed by atoms with Gasteiger partial charge in [-0.25, -0.2) is 0 Å². The number of hydrogen-bond donors (Lipinski definition) is 1. The number of hydrogen-bond acceptors (Lipinski definition) is 5. The van der Waals surface area contributed by atoms with Gasteiger partial charge in [0.15, 0.2) is 11.5 Å². The molecule has 0 radical (unpaired) electrons. The zero-order chi connectivity index (χ0) is 20.8. The number of nitrogens with zero attached hydrogens (tertiary/aromatic N) is 1. The van der Waals surface area contributed by atoms with Crippen molar-refractivity contribution in [2.24, 2.45) is 0 Å². The maximum absolute atomic E-state index is 12.7. The third-order valence-electron chi connectivity index (χ3n) is 4.27. The van der Waals surface area contributed by atoms with Crippen LogP contribution in [0.25, 0.3) is 0 Å². The molecule has 3 rings (SSSR count).